The predicted molar refractivity (Wildman–Crippen MR) is 43.0 cm³/mol. The van der Waals surface area contributed by atoms with Crippen molar-refractivity contribution in [2.75, 3.05) is 7.11 Å². The molecule has 0 radical (unpaired) electrons. The Hall–Kier alpha value is -0.830. The first-order valence-electron chi connectivity index (χ1n) is 3.27. The second-order valence-electron chi connectivity index (χ2n) is 2.16. The standard InChI is InChI=1S/C8H7ClF2O/c1-12-7-5(8(10)11)3-2-4-6(7)9/h2-4,8H,1H3. The summed E-state index contributed by atoms with van der Waals surface area (Å²) in [5.74, 6) is 0.0502. The van der Waals surface area contributed by atoms with Crippen molar-refractivity contribution in [3.8, 4) is 5.75 Å². The Morgan fingerprint density at radius 2 is 2.08 bits per heavy atom. The molecule has 0 aromatic heterocycles. The summed E-state index contributed by atoms with van der Waals surface area (Å²) < 4.78 is 29.2. The van der Waals surface area contributed by atoms with Crippen LogP contribution in [0.3, 0.4) is 0 Å². The van der Waals surface area contributed by atoms with Crippen LogP contribution >= 0.6 is 11.6 Å². The van der Waals surface area contributed by atoms with Crippen molar-refractivity contribution in [3.63, 3.8) is 0 Å². The van der Waals surface area contributed by atoms with Crippen LogP contribution in [0, 0.1) is 0 Å². The molecule has 0 N–H and O–H groups in total. The molecule has 0 spiro atoms. The average Bonchev–Trinajstić information content (AvgIpc) is 2.03. The SMILES string of the molecule is COc1c(Cl)cccc1C(F)F. The van der Waals surface area contributed by atoms with E-state index in [1.165, 1.54) is 25.3 Å². The highest BCUT2D eigenvalue weighted by Gasteiger charge is 2.15. The van der Waals surface area contributed by atoms with E-state index >= 15 is 0 Å². The minimum atomic E-state index is -2.56. The van der Waals surface area contributed by atoms with Gasteiger partial charge in [0.1, 0.15) is 5.75 Å². The minimum absolute atomic E-state index is 0.0502. The van der Waals surface area contributed by atoms with Crippen LogP contribution in [0.4, 0.5) is 8.78 Å². The first-order valence-corrected chi connectivity index (χ1v) is 3.65. The molecule has 0 fully saturated rings. The van der Waals surface area contributed by atoms with Gasteiger partial charge in [0, 0.05) is 0 Å². The summed E-state index contributed by atoms with van der Waals surface area (Å²) >= 11 is 5.62. The van der Waals surface area contributed by atoms with E-state index in [1.807, 2.05) is 0 Å². The van der Waals surface area contributed by atoms with Gasteiger partial charge in [-0.2, -0.15) is 0 Å². The summed E-state index contributed by atoms with van der Waals surface area (Å²) in [6.45, 7) is 0. The van der Waals surface area contributed by atoms with Crippen LogP contribution in [-0.2, 0) is 0 Å². The topological polar surface area (TPSA) is 9.23 Å². The van der Waals surface area contributed by atoms with Crippen LogP contribution in [0.5, 0.6) is 5.75 Å². The molecular formula is C8H7ClF2O. The summed E-state index contributed by atoms with van der Waals surface area (Å²) in [7, 11) is 1.31. The molecule has 0 bridgehead atoms. The Morgan fingerprint density at radius 3 is 2.50 bits per heavy atom. The summed E-state index contributed by atoms with van der Waals surface area (Å²) in [5.41, 5.74) is -0.176. The van der Waals surface area contributed by atoms with Gasteiger partial charge in [-0.15, -0.1) is 0 Å². The maximum Gasteiger partial charge on any atom is 0.267 e. The van der Waals surface area contributed by atoms with Crippen molar-refractivity contribution < 1.29 is 13.5 Å². The van der Waals surface area contributed by atoms with Gasteiger partial charge in [-0.1, -0.05) is 17.7 Å². The fourth-order valence-corrected chi connectivity index (χ4v) is 1.17. The monoisotopic (exact) mass is 192 g/mol. The van der Waals surface area contributed by atoms with Crippen LogP contribution in [0.15, 0.2) is 18.2 Å². The quantitative estimate of drug-likeness (QED) is 0.699. The van der Waals surface area contributed by atoms with Crippen molar-refractivity contribution >= 4 is 11.6 Å². The van der Waals surface area contributed by atoms with Crippen molar-refractivity contribution in [1.29, 1.82) is 0 Å². The van der Waals surface area contributed by atoms with Gasteiger partial charge in [-0.05, 0) is 12.1 Å². The fourth-order valence-electron chi connectivity index (χ4n) is 0.913. The lowest BCUT2D eigenvalue weighted by Gasteiger charge is -2.08. The highest BCUT2D eigenvalue weighted by atomic mass is 35.5. The predicted octanol–water partition coefficient (Wildman–Crippen LogP) is 3.29. The zero-order valence-electron chi connectivity index (χ0n) is 6.35. The molecule has 1 aromatic rings. The number of methoxy groups -OCH3 is 1. The van der Waals surface area contributed by atoms with Crippen molar-refractivity contribution in [3.05, 3.63) is 28.8 Å². The fraction of sp³-hybridized carbons (Fsp3) is 0.250. The summed E-state index contributed by atoms with van der Waals surface area (Å²) in [6.07, 6.45) is -2.56. The van der Waals surface area contributed by atoms with Crippen LogP contribution in [0.2, 0.25) is 5.02 Å². The van der Waals surface area contributed by atoms with Gasteiger partial charge < -0.3 is 4.74 Å². The zero-order valence-corrected chi connectivity index (χ0v) is 7.11. The molecule has 1 nitrogen and oxygen atoms in total. The van der Waals surface area contributed by atoms with Crippen LogP contribution in [0.25, 0.3) is 0 Å². The Labute approximate surface area is 73.9 Å². The largest absolute Gasteiger partial charge is 0.495 e. The lowest BCUT2D eigenvalue weighted by atomic mass is 10.2. The first kappa shape index (κ1) is 9.26. The second kappa shape index (κ2) is 3.72. The highest BCUT2D eigenvalue weighted by molar-refractivity contribution is 6.32. The molecule has 0 saturated carbocycles. The van der Waals surface area contributed by atoms with E-state index in [0.717, 1.165) is 0 Å². The van der Waals surface area contributed by atoms with E-state index in [9.17, 15) is 8.78 Å². The minimum Gasteiger partial charge on any atom is -0.495 e. The number of ether oxygens (including phenoxy) is 1. The maximum absolute atomic E-state index is 12.3. The third-order valence-corrected chi connectivity index (χ3v) is 1.73. The Morgan fingerprint density at radius 1 is 1.42 bits per heavy atom. The van der Waals surface area contributed by atoms with E-state index < -0.39 is 6.43 Å². The summed E-state index contributed by atoms with van der Waals surface area (Å²) in [5, 5.41) is 0.204. The molecular weight excluding hydrogens is 186 g/mol. The molecule has 0 atom stereocenters. The molecule has 0 heterocycles. The third kappa shape index (κ3) is 1.67. The molecule has 0 amide bonds. The Balaban J connectivity index is 3.18. The molecule has 66 valence electrons. The number of halogens is 3. The van der Waals surface area contributed by atoms with Crippen molar-refractivity contribution in [2.24, 2.45) is 0 Å². The number of hydrogen-bond donors (Lipinski definition) is 0. The lowest BCUT2D eigenvalue weighted by Crippen LogP contribution is -1.92. The summed E-state index contributed by atoms with van der Waals surface area (Å²) in [6, 6.07) is 4.26. The normalized spacial score (nSPS) is 10.4. The van der Waals surface area contributed by atoms with E-state index in [-0.39, 0.29) is 16.3 Å². The number of para-hydroxylation sites is 1. The molecule has 0 aliphatic carbocycles. The molecule has 1 aromatic carbocycles. The maximum atomic E-state index is 12.3. The van der Waals surface area contributed by atoms with Crippen LogP contribution in [-0.4, -0.2) is 7.11 Å². The van der Waals surface area contributed by atoms with Gasteiger partial charge >= 0.3 is 0 Å². The van der Waals surface area contributed by atoms with Crippen LogP contribution < -0.4 is 4.74 Å². The van der Waals surface area contributed by atoms with Gasteiger partial charge in [0.25, 0.3) is 6.43 Å². The van der Waals surface area contributed by atoms with Gasteiger partial charge in [-0.25, -0.2) is 8.78 Å². The second-order valence-corrected chi connectivity index (χ2v) is 2.57. The molecule has 12 heavy (non-hydrogen) atoms. The molecule has 0 aliphatic rings. The Bertz CT molecular complexity index is 276. The average molecular weight is 193 g/mol. The number of benzene rings is 1. The smallest absolute Gasteiger partial charge is 0.267 e. The van der Waals surface area contributed by atoms with Crippen molar-refractivity contribution in [1.82, 2.24) is 0 Å². The first-order chi connectivity index (χ1) is 5.66. The van der Waals surface area contributed by atoms with Gasteiger partial charge in [-0.3, -0.25) is 0 Å². The lowest BCUT2D eigenvalue weighted by molar-refractivity contribution is 0.147. The molecule has 1 rings (SSSR count). The summed E-state index contributed by atoms with van der Waals surface area (Å²) in [4.78, 5) is 0. The van der Waals surface area contributed by atoms with E-state index in [1.54, 1.807) is 0 Å². The number of hydrogen-bond acceptors (Lipinski definition) is 1. The highest BCUT2D eigenvalue weighted by Crippen LogP contribution is 2.34. The third-order valence-electron chi connectivity index (χ3n) is 1.44. The van der Waals surface area contributed by atoms with Gasteiger partial charge in [0.05, 0.1) is 17.7 Å². The van der Waals surface area contributed by atoms with Gasteiger partial charge in [0.2, 0.25) is 0 Å². The Kier molecular flexibility index (Phi) is 2.87. The molecule has 0 aliphatic heterocycles. The number of alkyl halides is 2. The molecule has 0 saturated heterocycles. The van der Waals surface area contributed by atoms with Gasteiger partial charge in [0.15, 0.2) is 0 Å². The van der Waals surface area contributed by atoms with Crippen molar-refractivity contribution in [2.45, 2.75) is 6.43 Å². The van der Waals surface area contributed by atoms with E-state index in [0.29, 0.717) is 0 Å². The van der Waals surface area contributed by atoms with E-state index in [2.05, 4.69) is 0 Å². The molecule has 0 unspecified atom stereocenters. The van der Waals surface area contributed by atoms with E-state index in [4.69, 9.17) is 16.3 Å². The zero-order chi connectivity index (χ0) is 9.14. The van der Waals surface area contributed by atoms with Crippen LogP contribution in [0.1, 0.15) is 12.0 Å². The molecule has 4 heteroatoms. The number of rotatable bonds is 2.